The molecule has 1 N–H and O–H groups in total. The largest absolute Gasteiger partial charge is 0.393 e. The first kappa shape index (κ1) is 12.3. The zero-order valence-electron chi connectivity index (χ0n) is 9.47. The number of amides is 1. The Balaban J connectivity index is 2.09. The third-order valence-electron chi connectivity index (χ3n) is 2.94. The number of pyridine rings is 1. The van der Waals surface area contributed by atoms with E-state index in [0.29, 0.717) is 30.1 Å². The van der Waals surface area contributed by atoms with Gasteiger partial charge in [-0.15, -0.1) is 0 Å². The molecule has 0 bridgehead atoms. The average molecular weight is 255 g/mol. The van der Waals surface area contributed by atoms with Gasteiger partial charge in [0.2, 0.25) is 0 Å². The van der Waals surface area contributed by atoms with Gasteiger partial charge in [-0.05, 0) is 25.3 Å². The van der Waals surface area contributed by atoms with Gasteiger partial charge in [0.1, 0.15) is 0 Å². The zero-order valence-corrected chi connectivity index (χ0v) is 10.2. The maximum absolute atomic E-state index is 12.2. The van der Waals surface area contributed by atoms with Crippen LogP contribution in [0.2, 0.25) is 5.02 Å². The van der Waals surface area contributed by atoms with Gasteiger partial charge in [0.05, 0.1) is 16.7 Å². The molecule has 1 aromatic heterocycles. The number of likely N-dealkylation sites (tertiary alicyclic amines) is 1. The molecule has 92 valence electrons. The number of hydrogen-bond donors (Lipinski definition) is 1. The molecule has 0 saturated carbocycles. The van der Waals surface area contributed by atoms with Crippen molar-refractivity contribution >= 4 is 17.5 Å². The van der Waals surface area contributed by atoms with E-state index in [1.165, 1.54) is 12.4 Å². The Labute approximate surface area is 105 Å². The minimum atomic E-state index is -0.287. The summed E-state index contributed by atoms with van der Waals surface area (Å²) in [5, 5.41) is 10.00. The van der Waals surface area contributed by atoms with Crippen LogP contribution < -0.4 is 0 Å². The molecule has 0 unspecified atom stereocenters. The molecular formula is C12H15ClN2O2. The van der Waals surface area contributed by atoms with Crippen molar-refractivity contribution in [3.05, 3.63) is 29.0 Å². The van der Waals surface area contributed by atoms with Crippen molar-refractivity contribution in [1.29, 1.82) is 0 Å². The van der Waals surface area contributed by atoms with Crippen molar-refractivity contribution in [2.24, 2.45) is 0 Å². The fraction of sp³-hybridized carbons (Fsp3) is 0.500. The third-order valence-corrected chi connectivity index (χ3v) is 3.14. The molecule has 1 aliphatic heterocycles. The van der Waals surface area contributed by atoms with Gasteiger partial charge in [-0.2, -0.15) is 0 Å². The highest BCUT2D eigenvalue weighted by Crippen LogP contribution is 2.15. The van der Waals surface area contributed by atoms with Gasteiger partial charge in [0, 0.05) is 25.5 Å². The number of aliphatic hydroxyl groups is 1. The zero-order chi connectivity index (χ0) is 12.3. The monoisotopic (exact) mass is 254 g/mol. The van der Waals surface area contributed by atoms with E-state index in [1.807, 2.05) is 0 Å². The Morgan fingerprint density at radius 2 is 2.24 bits per heavy atom. The number of carbonyl (C=O) groups is 1. The predicted octanol–water partition coefficient (Wildman–Crippen LogP) is 1.72. The van der Waals surface area contributed by atoms with Gasteiger partial charge in [-0.3, -0.25) is 9.78 Å². The van der Waals surface area contributed by atoms with E-state index in [2.05, 4.69) is 4.98 Å². The molecule has 2 rings (SSSR count). The number of halogens is 1. The van der Waals surface area contributed by atoms with Crippen LogP contribution in [-0.2, 0) is 0 Å². The summed E-state index contributed by atoms with van der Waals surface area (Å²) in [5.74, 6) is -0.0610. The van der Waals surface area contributed by atoms with E-state index in [1.54, 1.807) is 11.0 Å². The molecule has 2 heterocycles. The van der Waals surface area contributed by atoms with Gasteiger partial charge < -0.3 is 10.0 Å². The molecular weight excluding hydrogens is 240 g/mol. The van der Waals surface area contributed by atoms with Crippen LogP contribution >= 0.6 is 11.6 Å². The first-order valence-corrected chi connectivity index (χ1v) is 6.12. The highest BCUT2D eigenvalue weighted by molar-refractivity contribution is 6.30. The number of rotatable bonds is 1. The molecule has 0 radical (unpaired) electrons. The van der Waals surface area contributed by atoms with E-state index < -0.39 is 0 Å². The molecule has 1 aliphatic rings. The molecule has 0 spiro atoms. The maximum Gasteiger partial charge on any atom is 0.255 e. The molecule has 1 amide bonds. The van der Waals surface area contributed by atoms with E-state index in [9.17, 15) is 9.90 Å². The second kappa shape index (κ2) is 5.47. The number of aliphatic hydroxyl groups excluding tert-OH is 1. The number of carbonyl (C=O) groups excluding carboxylic acids is 1. The van der Waals surface area contributed by atoms with Crippen LogP contribution in [-0.4, -0.2) is 40.1 Å². The van der Waals surface area contributed by atoms with Crippen LogP contribution in [0, 0.1) is 0 Å². The van der Waals surface area contributed by atoms with Gasteiger partial charge in [-0.25, -0.2) is 0 Å². The number of hydrogen-bond acceptors (Lipinski definition) is 3. The van der Waals surface area contributed by atoms with Crippen molar-refractivity contribution in [1.82, 2.24) is 9.88 Å². The Morgan fingerprint density at radius 1 is 1.41 bits per heavy atom. The second-order valence-corrected chi connectivity index (χ2v) is 4.71. The van der Waals surface area contributed by atoms with Crippen LogP contribution in [0.4, 0.5) is 0 Å². The molecule has 5 heteroatoms. The summed E-state index contributed by atoms with van der Waals surface area (Å²) in [4.78, 5) is 17.8. The van der Waals surface area contributed by atoms with E-state index >= 15 is 0 Å². The van der Waals surface area contributed by atoms with Crippen LogP contribution in [0.25, 0.3) is 0 Å². The molecule has 1 atom stereocenters. The lowest BCUT2D eigenvalue weighted by Gasteiger charge is -2.20. The smallest absolute Gasteiger partial charge is 0.255 e. The molecule has 0 aromatic carbocycles. The molecule has 4 nitrogen and oxygen atoms in total. The number of aromatic nitrogens is 1. The van der Waals surface area contributed by atoms with Crippen molar-refractivity contribution < 1.29 is 9.90 Å². The third kappa shape index (κ3) is 3.17. The van der Waals surface area contributed by atoms with Crippen LogP contribution in [0.3, 0.4) is 0 Å². The van der Waals surface area contributed by atoms with Crippen molar-refractivity contribution in [3.8, 4) is 0 Å². The first-order chi connectivity index (χ1) is 8.16. The molecule has 1 aromatic rings. The van der Waals surface area contributed by atoms with E-state index in [-0.39, 0.29) is 12.0 Å². The topological polar surface area (TPSA) is 53.4 Å². The van der Waals surface area contributed by atoms with E-state index in [4.69, 9.17) is 11.6 Å². The minimum Gasteiger partial charge on any atom is -0.393 e. The predicted molar refractivity (Wildman–Crippen MR) is 65.0 cm³/mol. The Hall–Kier alpha value is -1.13. The van der Waals surface area contributed by atoms with E-state index in [0.717, 1.165) is 12.8 Å². The highest BCUT2D eigenvalue weighted by Gasteiger charge is 2.20. The lowest BCUT2D eigenvalue weighted by Crippen LogP contribution is -2.32. The van der Waals surface area contributed by atoms with Gasteiger partial charge in [-0.1, -0.05) is 11.6 Å². The second-order valence-electron chi connectivity index (χ2n) is 4.27. The quantitative estimate of drug-likeness (QED) is 0.830. The van der Waals surface area contributed by atoms with Crippen LogP contribution in [0.1, 0.15) is 29.6 Å². The summed E-state index contributed by atoms with van der Waals surface area (Å²) in [6.07, 6.45) is 4.98. The molecule has 1 saturated heterocycles. The molecule has 17 heavy (non-hydrogen) atoms. The Kier molecular flexibility index (Phi) is 3.97. The maximum atomic E-state index is 12.2. The summed E-state index contributed by atoms with van der Waals surface area (Å²) in [7, 11) is 0. The minimum absolute atomic E-state index is 0.0610. The van der Waals surface area contributed by atoms with Crippen molar-refractivity contribution in [3.63, 3.8) is 0 Å². The van der Waals surface area contributed by atoms with Gasteiger partial charge in [0.15, 0.2) is 0 Å². The fourth-order valence-corrected chi connectivity index (χ4v) is 2.17. The Bertz CT molecular complexity index is 411. The standard InChI is InChI=1S/C12H15ClN2O2/c13-10-6-9(7-14-8-10)12(17)15-4-1-2-11(16)3-5-15/h6-8,11,16H,1-5H2/t11-/m0/s1. The normalized spacial score (nSPS) is 21.1. The van der Waals surface area contributed by atoms with Crippen LogP contribution in [0.5, 0.6) is 0 Å². The highest BCUT2D eigenvalue weighted by atomic mass is 35.5. The van der Waals surface area contributed by atoms with Gasteiger partial charge in [0.25, 0.3) is 5.91 Å². The lowest BCUT2D eigenvalue weighted by atomic mass is 10.2. The van der Waals surface area contributed by atoms with Crippen molar-refractivity contribution in [2.75, 3.05) is 13.1 Å². The van der Waals surface area contributed by atoms with Crippen LogP contribution in [0.15, 0.2) is 18.5 Å². The SMILES string of the molecule is O=C(c1cncc(Cl)c1)N1CCC[C@H](O)CC1. The number of nitrogens with zero attached hydrogens (tertiary/aromatic N) is 2. The average Bonchev–Trinajstić information content (AvgIpc) is 2.53. The first-order valence-electron chi connectivity index (χ1n) is 5.74. The fourth-order valence-electron chi connectivity index (χ4n) is 1.99. The summed E-state index contributed by atoms with van der Waals surface area (Å²) < 4.78 is 0. The summed E-state index contributed by atoms with van der Waals surface area (Å²) in [6, 6.07) is 1.62. The molecule has 0 aliphatic carbocycles. The van der Waals surface area contributed by atoms with Gasteiger partial charge >= 0.3 is 0 Å². The Morgan fingerprint density at radius 3 is 3.00 bits per heavy atom. The summed E-state index contributed by atoms with van der Waals surface area (Å²) >= 11 is 5.81. The summed E-state index contributed by atoms with van der Waals surface area (Å²) in [5.41, 5.74) is 0.508. The summed E-state index contributed by atoms with van der Waals surface area (Å²) in [6.45, 7) is 1.27. The van der Waals surface area contributed by atoms with Crippen molar-refractivity contribution in [2.45, 2.75) is 25.4 Å². The molecule has 1 fully saturated rings. The lowest BCUT2D eigenvalue weighted by molar-refractivity contribution is 0.0752.